The van der Waals surface area contributed by atoms with E-state index in [2.05, 4.69) is 42.4 Å². The van der Waals surface area contributed by atoms with E-state index in [1.807, 2.05) is 0 Å². The van der Waals surface area contributed by atoms with Gasteiger partial charge in [-0.1, -0.05) is 0 Å². The largest absolute Gasteiger partial charge is 0.357 e. The van der Waals surface area contributed by atoms with Gasteiger partial charge in [0.25, 0.3) is 0 Å². The second kappa shape index (κ2) is 5.79. The normalized spacial score (nSPS) is 10.2. The fraction of sp³-hybridized carbons (Fsp3) is 0.300. The van der Waals surface area contributed by atoms with Gasteiger partial charge in [0, 0.05) is 13.6 Å². The van der Waals surface area contributed by atoms with E-state index in [9.17, 15) is 0 Å². The van der Waals surface area contributed by atoms with Crippen molar-refractivity contribution in [1.29, 1.82) is 0 Å². The Balaban J connectivity index is 1.92. The van der Waals surface area contributed by atoms with Crippen LogP contribution < -0.4 is 10.6 Å². The number of nitrogens with zero attached hydrogens (tertiary/aromatic N) is 3. The standard InChI is InChI=1S/C10H12ClN5S/c1-12-9-14-8(11)15-10(16-9)13-4-2-7-3-5-17-6-7/h3,5-6H,2,4H2,1H3,(H2,12,13,14,15,16). The molecule has 2 N–H and O–H groups in total. The third-order valence-corrected chi connectivity index (χ3v) is 3.01. The molecule has 7 heteroatoms. The SMILES string of the molecule is CNc1nc(Cl)nc(NCCc2ccsc2)n1. The van der Waals surface area contributed by atoms with Crippen molar-refractivity contribution in [2.45, 2.75) is 6.42 Å². The highest BCUT2D eigenvalue weighted by atomic mass is 35.5. The van der Waals surface area contributed by atoms with E-state index < -0.39 is 0 Å². The molecular weight excluding hydrogens is 258 g/mol. The zero-order chi connectivity index (χ0) is 12.1. The van der Waals surface area contributed by atoms with Gasteiger partial charge in [0.1, 0.15) is 0 Å². The summed E-state index contributed by atoms with van der Waals surface area (Å²) in [5.74, 6) is 0.951. The first-order chi connectivity index (χ1) is 8.28. The lowest BCUT2D eigenvalue weighted by Gasteiger charge is -2.05. The molecule has 0 aliphatic carbocycles. The summed E-state index contributed by atoms with van der Waals surface area (Å²) >= 11 is 7.46. The van der Waals surface area contributed by atoms with Gasteiger partial charge < -0.3 is 10.6 Å². The molecular formula is C10H12ClN5S. The monoisotopic (exact) mass is 269 g/mol. The Morgan fingerprint density at radius 2 is 2.12 bits per heavy atom. The van der Waals surface area contributed by atoms with Crippen molar-refractivity contribution in [2.24, 2.45) is 0 Å². The molecule has 90 valence electrons. The quantitative estimate of drug-likeness (QED) is 0.872. The fourth-order valence-electron chi connectivity index (χ4n) is 1.29. The van der Waals surface area contributed by atoms with Crippen LogP contribution in [0.2, 0.25) is 5.28 Å². The highest BCUT2D eigenvalue weighted by Crippen LogP contribution is 2.10. The van der Waals surface area contributed by atoms with Crippen molar-refractivity contribution in [2.75, 3.05) is 24.2 Å². The Morgan fingerprint density at radius 1 is 1.29 bits per heavy atom. The summed E-state index contributed by atoms with van der Waals surface area (Å²) in [5.41, 5.74) is 1.30. The third kappa shape index (κ3) is 3.54. The number of anilines is 2. The Bertz CT molecular complexity index is 474. The number of aromatic nitrogens is 3. The number of nitrogens with one attached hydrogen (secondary N) is 2. The molecule has 0 amide bonds. The second-order valence-corrected chi connectivity index (χ2v) is 4.43. The number of thiophene rings is 1. The summed E-state index contributed by atoms with van der Waals surface area (Å²) in [5, 5.41) is 10.3. The van der Waals surface area contributed by atoms with Gasteiger partial charge in [-0.05, 0) is 40.4 Å². The van der Waals surface area contributed by atoms with Crippen LogP contribution >= 0.6 is 22.9 Å². The summed E-state index contributed by atoms with van der Waals surface area (Å²) in [6.07, 6.45) is 0.932. The molecule has 0 unspecified atom stereocenters. The topological polar surface area (TPSA) is 62.7 Å². The lowest BCUT2D eigenvalue weighted by molar-refractivity contribution is 0.967. The lowest BCUT2D eigenvalue weighted by Crippen LogP contribution is -2.09. The molecule has 0 saturated carbocycles. The highest BCUT2D eigenvalue weighted by Gasteiger charge is 2.02. The molecule has 0 fully saturated rings. The average Bonchev–Trinajstić information content (AvgIpc) is 2.81. The van der Waals surface area contributed by atoms with Crippen molar-refractivity contribution >= 4 is 34.8 Å². The molecule has 0 aromatic carbocycles. The van der Waals surface area contributed by atoms with Gasteiger partial charge in [-0.15, -0.1) is 0 Å². The first-order valence-electron chi connectivity index (χ1n) is 5.12. The second-order valence-electron chi connectivity index (χ2n) is 3.31. The van der Waals surface area contributed by atoms with Crippen LogP contribution in [0.4, 0.5) is 11.9 Å². The van der Waals surface area contributed by atoms with E-state index in [-0.39, 0.29) is 5.28 Å². The first kappa shape index (κ1) is 12.1. The molecule has 0 saturated heterocycles. The number of halogens is 1. The van der Waals surface area contributed by atoms with Crippen LogP contribution in [0.1, 0.15) is 5.56 Å². The van der Waals surface area contributed by atoms with E-state index in [4.69, 9.17) is 11.6 Å². The Labute approximate surface area is 108 Å². The van der Waals surface area contributed by atoms with Gasteiger partial charge in [0.05, 0.1) is 0 Å². The van der Waals surface area contributed by atoms with Crippen molar-refractivity contribution < 1.29 is 0 Å². The zero-order valence-electron chi connectivity index (χ0n) is 9.27. The molecule has 0 atom stereocenters. The van der Waals surface area contributed by atoms with Gasteiger partial charge in [-0.25, -0.2) is 0 Å². The van der Waals surface area contributed by atoms with Gasteiger partial charge in [0.2, 0.25) is 17.2 Å². The van der Waals surface area contributed by atoms with Crippen LogP contribution in [0, 0.1) is 0 Å². The van der Waals surface area contributed by atoms with Crippen molar-refractivity contribution in [3.63, 3.8) is 0 Å². The molecule has 17 heavy (non-hydrogen) atoms. The first-order valence-corrected chi connectivity index (χ1v) is 6.44. The molecule has 0 aliphatic heterocycles. The molecule has 2 aromatic heterocycles. The van der Waals surface area contributed by atoms with Gasteiger partial charge in [-0.2, -0.15) is 26.3 Å². The van der Waals surface area contributed by atoms with Gasteiger partial charge in [0.15, 0.2) is 0 Å². The summed E-state index contributed by atoms with van der Waals surface area (Å²) in [7, 11) is 1.74. The minimum Gasteiger partial charge on any atom is -0.357 e. The summed E-state index contributed by atoms with van der Waals surface area (Å²) in [6, 6.07) is 2.10. The van der Waals surface area contributed by atoms with Crippen LogP contribution in [0.3, 0.4) is 0 Å². The van der Waals surface area contributed by atoms with Crippen molar-refractivity contribution in [3.05, 3.63) is 27.7 Å². The maximum Gasteiger partial charge on any atom is 0.228 e. The van der Waals surface area contributed by atoms with E-state index in [0.29, 0.717) is 11.9 Å². The molecule has 0 radical (unpaired) electrons. The smallest absolute Gasteiger partial charge is 0.228 e. The zero-order valence-corrected chi connectivity index (χ0v) is 10.8. The predicted octanol–water partition coefficient (Wildman–Crippen LogP) is 2.28. The average molecular weight is 270 g/mol. The van der Waals surface area contributed by atoms with E-state index in [0.717, 1.165) is 13.0 Å². The van der Waals surface area contributed by atoms with E-state index in [1.165, 1.54) is 5.56 Å². The Hall–Kier alpha value is -1.40. The Kier molecular flexibility index (Phi) is 4.11. The maximum absolute atomic E-state index is 5.77. The minimum absolute atomic E-state index is 0.183. The summed E-state index contributed by atoms with van der Waals surface area (Å²) < 4.78 is 0. The van der Waals surface area contributed by atoms with Crippen LogP contribution in [-0.4, -0.2) is 28.5 Å². The molecule has 2 heterocycles. The van der Waals surface area contributed by atoms with Crippen molar-refractivity contribution in [1.82, 2.24) is 15.0 Å². The number of hydrogen-bond acceptors (Lipinski definition) is 6. The highest BCUT2D eigenvalue weighted by molar-refractivity contribution is 7.07. The molecule has 2 rings (SSSR count). The molecule has 0 aliphatic rings. The molecule has 0 spiro atoms. The molecule has 5 nitrogen and oxygen atoms in total. The lowest BCUT2D eigenvalue weighted by atomic mass is 10.2. The molecule has 2 aromatic rings. The fourth-order valence-corrected chi connectivity index (χ4v) is 2.16. The third-order valence-electron chi connectivity index (χ3n) is 2.11. The number of hydrogen-bond donors (Lipinski definition) is 2. The molecule has 0 bridgehead atoms. The van der Waals surface area contributed by atoms with Crippen LogP contribution in [-0.2, 0) is 6.42 Å². The van der Waals surface area contributed by atoms with Crippen molar-refractivity contribution in [3.8, 4) is 0 Å². The summed E-state index contributed by atoms with van der Waals surface area (Å²) in [6.45, 7) is 0.764. The van der Waals surface area contributed by atoms with E-state index in [1.54, 1.807) is 18.4 Å². The Morgan fingerprint density at radius 3 is 2.82 bits per heavy atom. The minimum atomic E-state index is 0.183. The van der Waals surface area contributed by atoms with Gasteiger partial charge in [-0.3, -0.25) is 0 Å². The number of rotatable bonds is 5. The van der Waals surface area contributed by atoms with E-state index >= 15 is 0 Å². The van der Waals surface area contributed by atoms with Crippen LogP contribution in [0.25, 0.3) is 0 Å². The van der Waals surface area contributed by atoms with Crippen LogP contribution in [0.15, 0.2) is 16.8 Å². The summed E-state index contributed by atoms with van der Waals surface area (Å²) in [4.78, 5) is 12.0. The predicted molar refractivity (Wildman–Crippen MR) is 70.9 cm³/mol. The maximum atomic E-state index is 5.77. The van der Waals surface area contributed by atoms with Gasteiger partial charge >= 0.3 is 0 Å². The van der Waals surface area contributed by atoms with Crippen LogP contribution in [0.5, 0.6) is 0 Å².